The van der Waals surface area contributed by atoms with Crippen molar-refractivity contribution in [3.8, 4) is 5.75 Å². The summed E-state index contributed by atoms with van der Waals surface area (Å²) in [6.45, 7) is 3.36. The fraction of sp³-hybridized carbons (Fsp3) is 0.462. The van der Waals surface area contributed by atoms with Gasteiger partial charge in [0.15, 0.2) is 0 Å². The van der Waals surface area contributed by atoms with Gasteiger partial charge in [-0.3, -0.25) is 9.69 Å². The predicted molar refractivity (Wildman–Crippen MR) is 74.2 cm³/mol. The molecule has 2 rings (SSSR count). The second kappa shape index (κ2) is 6.77. The highest BCUT2D eigenvalue weighted by molar-refractivity contribution is 7.99. The average molecular weight is 284 g/mol. The van der Waals surface area contributed by atoms with Crippen LogP contribution in [0.25, 0.3) is 0 Å². The van der Waals surface area contributed by atoms with Gasteiger partial charge in [-0.25, -0.2) is 4.39 Å². The van der Waals surface area contributed by atoms with Crippen LogP contribution in [-0.2, 0) is 0 Å². The first-order valence-corrected chi connectivity index (χ1v) is 7.39. The number of aromatic hydroxyl groups is 1. The molecule has 0 aromatic heterocycles. The molecule has 1 saturated heterocycles. The standard InChI is InChI=1S/C13H17FN2O2S/c14-12-9-10(17)1-2-11(12)13(18)15-3-4-16-5-7-19-8-6-16/h1-2,9,17H,3-8H2,(H,15,18). The fourth-order valence-electron chi connectivity index (χ4n) is 1.94. The molecule has 2 N–H and O–H groups in total. The Morgan fingerprint density at radius 3 is 2.84 bits per heavy atom. The minimum atomic E-state index is -0.702. The molecule has 1 aliphatic heterocycles. The largest absolute Gasteiger partial charge is 0.508 e. The van der Waals surface area contributed by atoms with E-state index in [1.165, 1.54) is 12.1 Å². The Labute approximate surface area is 116 Å². The van der Waals surface area contributed by atoms with E-state index in [2.05, 4.69) is 10.2 Å². The normalized spacial score (nSPS) is 16.3. The Bertz CT molecular complexity index is 450. The number of phenols is 1. The molecule has 1 fully saturated rings. The van der Waals surface area contributed by atoms with Crippen LogP contribution in [-0.4, -0.2) is 53.6 Å². The van der Waals surface area contributed by atoms with Crippen molar-refractivity contribution in [3.63, 3.8) is 0 Å². The summed E-state index contributed by atoms with van der Waals surface area (Å²) in [5, 5.41) is 11.8. The van der Waals surface area contributed by atoms with Gasteiger partial charge in [-0.15, -0.1) is 0 Å². The molecule has 1 heterocycles. The van der Waals surface area contributed by atoms with Crippen LogP contribution >= 0.6 is 11.8 Å². The van der Waals surface area contributed by atoms with Gasteiger partial charge in [0.25, 0.3) is 5.91 Å². The summed E-state index contributed by atoms with van der Waals surface area (Å²) in [5.41, 5.74) is -0.0352. The Balaban J connectivity index is 1.80. The van der Waals surface area contributed by atoms with Gasteiger partial charge in [0.05, 0.1) is 5.56 Å². The molecule has 1 aromatic carbocycles. The number of nitrogens with one attached hydrogen (secondary N) is 1. The highest BCUT2D eigenvalue weighted by Crippen LogP contribution is 2.14. The van der Waals surface area contributed by atoms with Crippen molar-refractivity contribution in [2.45, 2.75) is 0 Å². The minimum Gasteiger partial charge on any atom is -0.508 e. The van der Waals surface area contributed by atoms with Crippen molar-refractivity contribution in [1.82, 2.24) is 10.2 Å². The van der Waals surface area contributed by atoms with Crippen molar-refractivity contribution in [3.05, 3.63) is 29.6 Å². The number of phenolic OH excluding ortho intramolecular Hbond substituents is 1. The zero-order valence-corrected chi connectivity index (χ0v) is 11.4. The van der Waals surface area contributed by atoms with Gasteiger partial charge in [-0.1, -0.05) is 0 Å². The van der Waals surface area contributed by atoms with Crippen molar-refractivity contribution in [1.29, 1.82) is 0 Å². The molecule has 1 aromatic rings. The van der Waals surface area contributed by atoms with E-state index in [1.807, 2.05) is 11.8 Å². The monoisotopic (exact) mass is 284 g/mol. The van der Waals surface area contributed by atoms with Gasteiger partial charge in [0.1, 0.15) is 11.6 Å². The lowest BCUT2D eigenvalue weighted by atomic mass is 10.2. The van der Waals surface area contributed by atoms with Gasteiger partial charge in [0, 0.05) is 43.8 Å². The summed E-state index contributed by atoms with van der Waals surface area (Å²) in [7, 11) is 0. The molecule has 0 aliphatic carbocycles. The van der Waals surface area contributed by atoms with Gasteiger partial charge in [0.2, 0.25) is 0 Å². The number of halogens is 1. The zero-order chi connectivity index (χ0) is 13.7. The van der Waals surface area contributed by atoms with Crippen LogP contribution < -0.4 is 5.32 Å². The van der Waals surface area contributed by atoms with Crippen LogP contribution in [0.3, 0.4) is 0 Å². The molecule has 1 amide bonds. The zero-order valence-electron chi connectivity index (χ0n) is 10.6. The van der Waals surface area contributed by atoms with Crippen molar-refractivity contribution in [2.24, 2.45) is 0 Å². The van der Waals surface area contributed by atoms with E-state index in [-0.39, 0.29) is 11.3 Å². The molecule has 0 saturated carbocycles. The maximum absolute atomic E-state index is 13.4. The molecule has 1 aliphatic rings. The third kappa shape index (κ3) is 4.11. The molecule has 0 radical (unpaired) electrons. The molecule has 4 nitrogen and oxygen atoms in total. The number of thioether (sulfide) groups is 1. The fourth-order valence-corrected chi connectivity index (χ4v) is 2.91. The number of benzene rings is 1. The summed E-state index contributed by atoms with van der Waals surface area (Å²) in [4.78, 5) is 14.0. The number of amides is 1. The van der Waals surface area contributed by atoms with Crippen LogP contribution in [0.1, 0.15) is 10.4 Å². The molecular formula is C13H17FN2O2S. The second-order valence-corrected chi connectivity index (χ2v) is 5.60. The lowest BCUT2D eigenvalue weighted by Crippen LogP contribution is -2.39. The first kappa shape index (κ1) is 14.1. The summed E-state index contributed by atoms with van der Waals surface area (Å²) < 4.78 is 13.4. The quantitative estimate of drug-likeness (QED) is 0.875. The maximum Gasteiger partial charge on any atom is 0.254 e. The highest BCUT2D eigenvalue weighted by Gasteiger charge is 2.13. The predicted octanol–water partition coefficient (Wildman–Crippen LogP) is 1.31. The number of nitrogens with zero attached hydrogens (tertiary/aromatic N) is 1. The lowest BCUT2D eigenvalue weighted by molar-refractivity contribution is 0.0945. The smallest absolute Gasteiger partial charge is 0.254 e. The van der Waals surface area contributed by atoms with Crippen LogP contribution in [0, 0.1) is 5.82 Å². The highest BCUT2D eigenvalue weighted by atomic mass is 32.2. The number of carbonyl (C=O) groups is 1. The van der Waals surface area contributed by atoms with E-state index < -0.39 is 11.7 Å². The molecule has 0 spiro atoms. The summed E-state index contributed by atoms with van der Waals surface area (Å²) >= 11 is 1.94. The number of rotatable bonds is 4. The van der Waals surface area contributed by atoms with Crippen LogP contribution in [0.15, 0.2) is 18.2 Å². The number of hydrogen-bond donors (Lipinski definition) is 2. The van der Waals surface area contributed by atoms with Gasteiger partial charge in [-0.2, -0.15) is 11.8 Å². The average Bonchev–Trinajstić information content (AvgIpc) is 2.39. The Morgan fingerprint density at radius 1 is 1.42 bits per heavy atom. The molecule has 104 valence electrons. The topological polar surface area (TPSA) is 52.6 Å². The van der Waals surface area contributed by atoms with E-state index >= 15 is 0 Å². The first-order valence-electron chi connectivity index (χ1n) is 6.23. The summed E-state index contributed by atoms with van der Waals surface area (Å²) in [5.74, 6) is 0.928. The second-order valence-electron chi connectivity index (χ2n) is 4.37. The van der Waals surface area contributed by atoms with Gasteiger partial charge in [-0.05, 0) is 12.1 Å². The van der Waals surface area contributed by atoms with Crippen LogP contribution in [0.4, 0.5) is 4.39 Å². The van der Waals surface area contributed by atoms with E-state index in [9.17, 15) is 9.18 Å². The molecule has 6 heteroatoms. The summed E-state index contributed by atoms with van der Waals surface area (Å²) in [6.07, 6.45) is 0. The van der Waals surface area contributed by atoms with E-state index in [0.717, 1.165) is 37.2 Å². The Morgan fingerprint density at radius 2 is 2.16 bits per heavy atom. The van der Waals surface area contributed by atoms with Gasteiger partial charge >= 0.3 is 0 Å². The van der Waals surface area contributed by atoms with Crippen LogP contribution in [0.2, 0.25) is 0 Å². The molecular weight excluding hydrogens is 267 g/mol. The Kier molecular flexibility index (Phi) is 5.04. The molecule has 19 heavy (non-hydrogen) atoms. The first-order chi connectivity index (χ1) is 9.16. The maximum atomic E-state index is 13.4. The number of carbonyl (C=O) groups excluding carboxylic acids is 1. The number of hydrogen-bond acceptors (Lipinski definition) is 4. The van der Waals surface area contributed by atoms with Crippen molar-refractivity contribution < 1.29 is 14.3 Å². The lowest BCUT2D eigenvalue weighted by Gasteiger charge is -2.26. The van der Waals surface area contributed by atoms with Crippen LogP contribution in [0.5, 0.6) is 5.75 Å². The SMILES string of the molecule is O=C(NCCN1CCSCC1)c1ccc(O)cc1F. The van der Waals surface area contributed by atoms with Gasteiger partial charge < -0.3 is 10.4 Å². The van der Waals surface area contributed by atoms with Crippen molar-refractivity contribution in [2.75, 3.05) is 37.7 Å². The van der Waals surface area contributed by atoms with E-state index in [4.69, 9.17) is 5.11 Å². The van der Waals surface area contributed by atoms with Crippen molar-refractivity contribution >= 4 is 17.7 Å². The summed E-state index contributed by atoms with van der Waals surface area (Å²) in [6, 6.07) is 3.54. The third-order valence-corrected chi connectivity index (χ3v) is 3.96. The van der Waals surface area contributed by atoms with E-state index in [1.54, 1.807) is 0 Å². The molecule has 0 unspecified atom stereocenters. The Hall–Kier alpha value is -1.27. The van der Waals surface area contributed by atoms with E-state index in [0.29, 0.717) is 6.54 Å². The molecule has 0 bridgehead atoms. The minimum absolute atomic E-state index is 0.0352. The molecule has 0 atom stereocenters. The third-order valence-electron chi connectivity index (χ3n) is 3.01.